The first kappa shape index (κ1) is 16.7. The first-order chi connectivity index (χ1) is 9.02. The Morgan fingerprint density at radius 3 is 2.20 bits per heavy atom. The van der Waals surface area contributed by atoms with Crippen LogP contribution in [0.3, 0.4) is 0 Å². The van der Waals surface area contributed by atoms with Gasteiger partial charge in [-0.15, -0.1) is 0 Å². The zero-order valence-corrected chi connectivity index (χ0v) is 14.2. The van der Waals surface area contributed by atoms with Crippen LogP contribution in [0.2, 0.25) is 0 Å². The van der Waals surface area contributed by atoms with E-state index in [0.29, 0.717) is 5.88 Å². The number of nitrogens with one attached hydrogen (secondary N) is 1. The van der Waals surface area contributed by atoms with Gasteiger partial charge in [-0.1, -0.05) is 34.6 Å². The molecule has 0 spiro atoms. The summed E-state index contributed by atoms with van der Waals surface area (Å²) in [4.78, 5) is 8.98. The second kappa shape index (κ2) is 5.98. The quantitative estimate of drug-likeness (QED) is 0.876. The topological polar surface area (TPSA) is 47.0 Å². The fraction of sp³-hybridized carbons (Fsp3) is 0.750. The van der Waals surface area contributed by atoms with E-state index in [1.807, 2.05) is 6.07 Å². The fourth-order valence-electron chi connectivity index (χ4n) is 2.59. The molecule has 0 aliphatic carbocycles. The van der Waals surface area contributed by atoms with E-state index >= 15 is 0 Å². The molecule has 0 saturated carbocycles. The Morgan fingerprint density at radius 1 is 1.15 bits per heavy atom. The highest BCUT2D eigenvalue weighted by molar-refractivity contribution is 5.41. The Morgan fingerprint density at radius 2 is 1.75 bits per heavy atom. The molecule has 1 rings (SSSR count). The lowest BCUT2D eigenvalue weighted by Gasteiger charge is -2.34. The van der Waals surface area contributed by atoms with Crippen LogP contribution in [0.25, 0.3) is 0 Å². The second-order valence-corrected chi connectivity index (χ2v) is 7.55. The van der Waals surface area contributed by atoms with Crippen LogP contribution in [-0.4, -0.2) is 22.6 Å². The molecular weight excluding hydrogens is 250 g/mol. The van der Waals surface area contributed by atoms with Crippen LogP contribution >= 0.6 is 0 Å². The molecule has 1 heterocycles. The largest absolute Gasteiger partial charge is 0.481 e. The van der Waals surface area contributed by atoms with Crippen molar-refractivity contribution in [1.29, 1.82) is 0 Å². The Labute approximate surface area is 123 Å². The van der Waals surface area contributed by atoms with Crippen molar-refractivity contribution >= 4 is 5.82 Å². The second-order valence-electron chi connectivity index (χ2n) is 7.55. The Bertz CT molecular complexity index is 448. The maximum Gasteiger partial charge on any atom is 0.218 e. The van der Waals surface area contributed by atoms with Gasteiger partial charge in [-0.3, -0.25) is 0 Å². The van der Waals surface area contributed by atoms with Gasteiger partial charge in [0, 0.05) is 17.5 Å². The summed E-state index contributed by atoms with van der Waals surface area (Å²) in [5.74, 6) is 2.52. The monoisotopic (exact) mass is 279 g/mol. The number of aromatic nitrogens is 2. The highest BCUT2D eigenvalue weighted by atomic mass is 16.5. The average Bonchev–Trinajstić information content (AvgIpc) is 2.24. The summed E-state index contributed by atoms with van der Waals surface area (Å²) in [6.07, 6.45) is 1.04. The minimum atomic E-state index is -0.0358. The summed E-state index contributed by atoms with van der Waals surface area (Å²) in [7, 11) is 1.64. The van der Waals surface area contributed by atoms with Gasteiger partial charge >= 0.3 is 0 Å². The molecule has 1 aromatic rings. The number of ether oxygens (including phenoxy) is 1. The van der Waals surface area contributed by atoms with E-state index in [9.17, 15) is 0 Å². The average molecular weight is 279 g/mol. The van der Waals surface area contributed by atoms with E-state index < -0.39 is 0 Å². The number of anilines is 1. The number of hydrogen-bond acceptors (Lipinski definition) is 4. The smallest absolute Gasteiger partial charge is 0.218 e. The van der Waals surface area contributed by atoms with Gasteiger partial charge in [0.15, 0.2) is 0 Å². The summed E-state index contributed by atoms with van der Waals surface area (Å²) < 4.78 is 5.27. The minimum Gasteiger partial charge on any atom is -0.481 e. The van der Waals surface area contributed by atoms with Gasteiger partial charge in [-0.25, -0.2) is 4.98 Å². The van der Waals surface area contributed by atoms with Crippen molar-refractivity contribution in [3.8, 4) is 5.88 Å². The molecule has 4 nitrogen and oxygen atoms in total. The van der Waals surface area contributed by atoms with Crippen LogP contribution in [0.1, 0.15) is 66.6 Å². The zero-order valence-electron chi connectivity index (χ0n) is 14.2. The highest BCUT2D eigenvalue weighted by Gasteiger charge is 2.26. The van der Waals surface area contributed by atoms with Gasteiger partial charge in [0.25, 0.3) is 0 Å². The molecule has 0 amide bonds. The Hall–Kier alpha value is -1.32. The zero-order chi connectivity index (χ0) is 15.6. The standard InChI is InChI=1S/C16H29N3O/c1-11(2)14-17-12(9-13(18-14)20-8)19-16(6,7)10-15(3,4)5/h9,11H,10H2,1-8H3,(H,17,18,19). The molecule has 114 valence electrons. The molecule has 0 atom stereocenters. The van der Waals surface area contributed by atoms with E-state index in [1.165, 1.54) is 0 Å². The van der Waals surface area contributed by atoms with E-state index in [1.54, 1.807) is 7.11 Å². The maximum atomic E-state index is 5.27. The highest BCUT2D eigenvalue weighted by Crippen LogP contribution is 2.30. The van der Waals surface area contributed by atoms with Crippen molar-refractivity contribution in [2.75, 3.05) is 12.4 Å². The molecule has 20 heavy (non-hydrogen) atoms. The molecule has 0 radical (unpaired) electrons. The van der Waals surface area contributed by atoms with Crippen molar-refractivity contribution in [2.45, 2.75) is 66.3 Å². The third-order valence-corrected chi connectivity index (χ3v) is 2.88. The molecule has 1 N–H and O–H groups in total. The van der Waals surface area contributed by atoms with Crippen molar-refractivity contribution in [2.24, 2.45) is 5.41 Å². The predicted octanol–water partition coefficient (Wildman–Crippen LogP) is 4.24. The lowest BCUT2D eigenvalue weighted by molar-refractivity contribution is 0.301. The Balaban J connectivity index is 2.99. The summed E-state index contributed by atoms with van der Waals surface area (Å²) in [6, 6.07) is 1.86. The SMILES string of the molecule is COc1cc(NC(C)(C)CC(C)(C)C)nc(C(C)C)n1. The maximum absolute atomic E-state index is 5.27. The number of hydrogen-bond donors (Lipinski definition) is 1. The molecule has 0 unspecified atom stereocenters. The van der Waals surface area contributed by atoms with Crippen LogP contribution < -0.4 is 10.1 Å². The van der Waals surface area contributed by atoms with E-state index in [2.05, 4.69) is 63.8 Å². The summed E-state index contributed by atoms with van der Waals surface area (Å²) in [6.45, 7) is 15.3. The van der Waals surface area contributed by atoms with Gasteiger partial charge in [-0.05, 0) is 25.7 Å². The Kier molecular flexibility index (Phi) is 5.00. The van der Waals surface area contributed by atoms with Crippen LogP contribution in [0, 0.1) is 5.41 Å². The molecular formula is C16H29N3O. The normalized spacial score (nSPS) is 12.7. The van der Waals surface area contributed by atoms with Crippen LogP contribution in [0.5, 0.6) is 5.88 Å². The summed E-state index contributed by atoms with van der Waals surface area (Å²) >= 11 is 0. The number of rotatable bonds is 5. The van der Waals surface area contributed by atoms with Gasteiger partial charge in [0.2, 0.25) is 5.88 Å². The minimum absolute atomic E-state index is 0.0358. The summed E-state index contributed by atoms with van der Waals surface area (Å²) in [5, 5.41) is 3.51. The van der Waals surface area contributed by atoms with Crippen molar-refractivity contribution in [3.63, 3.8) is 0 Å². The van der Waals surface area contributed by atoms with Gasteiger partial charge in [-0.2, -0.15) is 4.98 Å². The molecule has 0 aliphatic heterocycles. The first-order valence-electron chi connectivity index (χ1n) is 7.23. The van der Waals surface area contributed by atoms with Crippen LogP contribution in [-0.2, 0) is 0 Å². The van der Waals surface area contributed by atoms with Gasteiger partial charge in [0.1, 0.15) is 11.6 Å². The van der Waals surface area contributed by atoms with Gasteiger partial charge in [0.05, 0.1) is 7.11 Å². The third-order valence-electron chi connectivity index (χ3n) is 2.88. The van der Waals surface area contributed by atoms with Crippen LogP contribution in [0.4, 0.5) is 5.82 Å². The lowest BCUT2D eigenvalue weighted by Crippen LogP contribution is -2.35. The fourth-order valence-corrected chi connectivity index (χ4v) is 2.59. The molecule has 0 aromatic carbocycles. The molecule has 0 bridgehead atoms. The molecule has 0 saturated heterocycles. The van der Waals surface area contributed by atoms with E-state index in [0.717, 1.165) is 18.1 Å². The molecule has 1 aromatic heterocycles. The first-order valence-corrected chi connectivity index (χ1v) is 7.23. The van der Waals surface area contributed by atoms with E-state index in [4.69, 9.17) is 4.74 Å². The van der Waals surface area contributed by atoms with Crippen molar-refractivity contribution in [3.05, 3.63) is 11.9 Å². The van der Waals surface area contributed by atoms with Crippen LogP contribution in [0.15, 0.2) is 6.07 Å². The number of nitrogens with zero attached hydrogens (tertiary/aromatic N) is 2. The lowest BCUT2D eigenvalue weighted by atomic mass is 9.82. The molecule has 0 fully saturated rings. The van der Waals surface area contributed by atoms with Crippen molar-refractivity contribution < 1.29 is 4.74 Å². The predicted molar refractivity (Wildman–Crippen MR) is 84.4 cm³/mol. The summed E-state index contributed by atoms with van der Waals surface area (Å²) in [5.41, 5.74) is 0.223. The van der Waals surface area contributed by atoms with Crippen molar-refractivity contribution in [1.82, 2.24) is 9.97 Å². The van der Waals surface area contributed by atoms with E-state index in [-0.39, 0.29) is 16.9 Å². The third kappa shape index (κ3) is 5.35. The molecule has 0 aliphatic rings. The van der Waals surface area contributed by atoms with Gasteiger partial charge < -0.3 is 10.1 Å². The number of methoxy groups -OCH3 is 1. The molecule has 4 heteroatoms.